The second-order valence-electron chi connectivity index (χ2n) is 7.04. The lowest BCUT2D eigenvalue weighted by atomic mass is 9.97. The molecule has 3 N–H and O–H groups in total. The molecule has 1 aliphatic rings. The van der Waals surface area contributed by atoms with Crippen LogP contribution in [-0.4, -0.2) is 42.0 Å². The standard InChI is InChI=1S/C20H17ClF3IN4O4/c21-11-1-2-15(27-9-11)28-18(31)13-7-12(25)8-14(33-19(32)20(22,23)24)16(13)29-17(30)10-3-5-26-6-4-10/h1-2,7-10,26H,3-6H2,(H,29,30)(H,27,28,31). The molecule has 0 aliphatic carbocycles. The molecule has 1 fully saturated rings. The average Bonchev–Trinajstić information content (AvgIpc) is 2.76. The van der Waals surface area contributed by atoms with Crippen LogP contribution in [0.1, 0.15) is 23.2 Å². The number of nitrogens with zero attached hydrogens (tertiary/aromatic N) is 1. The zero-order valence-corrected chi connectivity index (χ0v) is 19.7. The van der Waals surface area contributed by atoms with E-state index in [2.05, 4.69) is 25.7 Å². The van der Waals surface area contributed by atoms with Crippen molar-refractivity contribution in [3.63, 3.8) is 0 Å². The summed E-state index contributed by atoms with van der Waals surface area (Å²) in [6, 6.07) is 5.37. The minimum Gasteiger partial charge on any atom is -0.418 e. The highest BCUT2D eigenvalue weighted by molar-refractivity contribution is 14.1. The molecule has 1 aromatic heterocycles. The smallest absolute Gasteiger partial charge is 0.418 e. The predicted octanol–water partition coefficient (Wildman–Crippen LogP) is 4.00. The number of nitrogens with one attached hydrogen (secondary N) is 3. The number of benzene rings is 1. The van der Waals surface area contributed by atoms with Crippen LogP contribution in [0.4, 0.5) is 24.7 Å². The Kier molecular flexibility index (Phi) is 8.13. The van der Waals surface area contributed by atoms with E-state index in [1.807, 2.05) is 0 Å². The van der Waals surface area contributed by atoms with E-state index < -0.39 is 35.6 Å². The van der Waals surface area contributed by atoms with Gasteiger partial charge < -0.3 is 20.7 Å². The van der Waals surface area contributed by atoms with Crippen LogP contribution in [-0.2, 0) is 9.59 Å². The maximum Gasteiger partial charge on any atom is 0.491 e. The minimum absolute atomic E-state index is 0.118. The third-order valence-electron chi connectivity index (χ3n) is 4.67. The summed E-state index contributed by atoms with van der Waals surface area (Å²) in [4.78, 5) is 41.2. The summed E-state index contributed by atoms with van der Waals surface area (Å²) >= 11 is 7.53. The predicted molar refractivity (Wildman–Crippen MR) is 122 cm³/mol. The maximum atomic E-state index is 13.0. The Morgan fingerprint density at radius 1 is 1.15 bits per heavy atom. The molecule has 2 heterocycles. The lowest BCUT2D eigenvalue weighted by Crippen LogP contribution is -2.35. The number of alkyl halides is 3. The molecule has 8 nitrogen and oxygen atoms in total. The lowest BCUT2D eigenvalue weighted by Gasteiger charge is -2.23. The molecule has 3 rings (SSSR count). The summed E-state index contributed by atoms with van der Waals surface area (Å²) in [7, 11) is 0. The molecule has 2 aromatic rings. The van der Waals surface area contributed by atoms with Crippen molar-refractivity contribution in [3.05, 3.63) is 44.6 Å². The van der Waals surface area contributed by atoms with Gasteiger partial charge in [0.05, 0.1) is 16.3 Å². The van der Waals surface area contributed by atoms with Crippen molar-refractivity contribution in [2.24, 2.45) is 5.92 Å². The van der Waals surface area contributed by atoms with Gasteiger partial charge in [-0.3, -0.25) is 9.59 Å². The van der Waals surface area contributed by atoms with Gasteiger partial charge in [-0.15, -0.1) is 0 Å². The van der Waals surface area contributed by atoms with Crippen LogP contribution in [0.2, 0.25) is 5.02 Å². The topological polar surface area (TPSA) is 109 Å². The fourth-order valence-electron chi connectivity index (χ4n) is 3.07. The van der Waals surface area contributed by atoms with Gasteiger partial charge in [-0.05, 0) is 72.8 Å². The molecule has 0 bridgehead atoms. The first-order valence-corrected chi connectivity index (χ1v) is 11.1. The summed E-state index contributed by atoms with van der Waals surface area (Å²) in [5.41, 5.74) is -0.547. The van der Waals surface area contributed by atoms with E-state index in [4.69, 9.17) is 11.6 Å². The van der Waals surface area contributed by atoms with E-state index in [0.717, 1.165) is 6.07 Å². The van der Waals surface area contributed by atoms with E-state index in [1.165, 1.54) is 24.4 Å². The van der Waals surface area contributed by atoms with E-state index in [0.29, 0.717) is 34.5 Å². The highest BCUT2D eigenvalue weighted by Crippen LogP contribution is 2.34. The normalized spacial score (nSPS) is 14.5. The molecule has 13 heteroatoms. The zero-order chi connectivity index (χ0) is 24.2. The number of aromatic nitrogens is 1. The van der Waals surface area contributed by atoms with E-state index in [9.17, 15) is 27.6 Å². The first-order valence-electron chi connectivity index (χ1n) is 9.61. The summed E-state index contributed by atoms with van der Waals surface area (Å²) in [5, 5.41) is 8.40. The summed E-state index contributed by atoms with van der Waals surface area (Å²) in [5.74, 6) is -4.67. The van der Waals surface area contributed by atoms with Crippen LogP contribution in [0.25, 0.3) is 0 Å². The summed E-state index contributed by atoms with van der Waals surface area (Å²) in [6.07, 6.45) is -2.97. The molecule has 0 atom stereocenters. The first kappa shape index (κ1) is 25.2. The van der Waals surface area contributed by atoms with Crippen molar-refractivity contribution in [3.8, 4) is 5.75 Å². The number of hydrogen-bond donors (Lipinski definition) is 3. The van der Waals surface area contributed by atoms with Crippen molar-refractivity contribution in [1.82, 2.24) is 10.3 Å². The molecule has 0 saturated carbocycles. The Labute approximate surface area is 204 Å². The second-order valence-corrected chi connectivity index (χ2v) is 8.73. The summed E-state index contributed by atoms with van der Waals surface area (Å²) in [6.45, 7) is 1.19. The Morgan fingerprint density at radius 2 is 1.85 bits per heavy atom. The molecule has 0 radical (unpaired) electrons. The van der Waals surface area contributed by atoms with Gasteiger partial charge >= 0.3 is 12.1 Å². The number of piperidine rings is 1. The maximum absolute atomic E-state index is 13.0. The Bertz CT molecular complexity index is 1060. The van der Waals surface area contributed by atoms with Crippen molar-refractivity contribution >= 4 is 63.5 Å². The van der Waals surface area contributed by atoms with Crippen molar-refractivity contribution in [1.29, 1.82) is 0 Å². The highest BCUT2D eigenvalue weighted by Gasteiger charge is 2.42. The summed E-state index contributed by atoms with van der Waals surface area (Å²) < 4.78 is 43.3. The van der Waals surface area contributed by atoms with E-state index >= 15 is 0 Å². The largest absolute Gasteiger partial charge is 0.491 e. The fourth-order valence-corrected chi connectivity index (χ4v) is 3.78. The molecular weight excluding hydrogens is 580 g/mol. The van der Waals surface area contributed by atoms with Crippen LogP contribution >= 0.6 is 34.2 Å². The van der Waals surface area contributed by atoms with Gasteiger partial charge in [0.25, 0.3) is 5.91 Å². The molecule has 0 spiro atoms. The van der Waals surface area contributed by atoms with Gasteiger partial charge in [0.1, 0.15) is 5.82 Å². The molecule has 1 saturated heterocycles. The number of hydrogen-bond acceptors (Lipinski definition) is 6. The number of pyridine rings is 1. The second kappa shape index (κ2) is 10.7. The monoisotopic (exact) mass is 596 g/mol. The third-order valence-corrected chi connectivity index (χ3v) is 5.52. The Hall–Kier alpha value is -2.45. The molecule has 2 amide bonds. The number of amides is 2. The van der Waals surface area contributed by atoms with Crippen molar-refractivity contribution < 1.29 is 32.3 Å². The van der Waals surface area contributed by atoms with E-state index in [-0.39, 0.29) is 17.1 Å². The third kappa shape index (κ3) is 6.77. The number of esters is 1. The van der Waals surface area contributed by atoms with Crippen molar-refractivity contribution in [2.45, 2.75) is 19.0 Å². The molecular formula is C20H17ClF3IN4O4. The van der Waals surface area contributed by atoms with Crippen LogP contribution in [0.15, 0.2) is 30.5 Å². The Balaban J connectivity index is 1.98. The number of rotatable bonds is 5. The molecule has 33 heavy (non-hydrogen) atoms. The average molecular weight is 597 g/mol. The first-order chi connectivity index (χ1) is 15.5. The van der Waals surface area contributed by atoms with Crippen LogP contribution in [0.3, 0.4) is 0 Å². The number of halogens is 5. The van der Waals surface area contributed by atoms with Crippen LogP contribution in [0.5, 0.6) is 5.75 Å². The van der Waals surface area contributed by atoms with Gasteiger partial charge in [0.2, 0.25) is 5.91 Å². The molecule has 1 aliphatic heterocycles. The van der Waals surface area contributed by atoms with Gasteiger partial charge in [0.15, 0.2) is 5.75 Å². The zero-order valence-electron chi connectivity index (χ0n) is 16.8. The van der Waals surface area contributed by atoms with Gasteiger partial charge in [-0.1, -0.05) is 11.6 Å². The molecule has 1 aromatic carbocycles. The number of ether oxygens (including phenoxy) is 1. The van der Waals surface area contributed by atoms with Gasteiger partial charge in [0, 0.05) is 15.7 Å². The Morgan fingerprint density at radius 3 is 2.45 bits per heavy atom. The highest BCUT2D eigenvalue weighted by atomic mass is 127. The molecule has 176 valence electrons. The minimum atomic E-state index is -5.27. The van der Waals surface area contributed by atoms with Crippen molar-refractivity contribution in [2.75, 3.05) is 23.7 Å². The lowest BCUT2D eigenvalue weighted by molar-refractivity contribution is -0.189. The van der Waals surface area contributed by atoms with Gasteiger partial charge in [-0.25, -0.2) is 9.78 Å². The number of carbonyl (C=O) groups is 3. The number of carbonyl (C=O) groups excluding carboxylic acids is 3. The molecule has 0 unspecified atom stereocenters. The number of anilines is 2. The van der Waals surface area contributed by atoms with Crippen LogP contribution in [0, 0.1) is 9.49 Å². The van der Waals surface area contributed by atoms with Crippen LogP contribution < -0.4 is 20.7 Å². The quantitative estimate of drug-likeness (QED) is 0.274. The van der Waals surface area contributed by atoms with E-state index in [1.54, 1.807) is 22.6 Å². The van der Waals surface area contributed by atoms with Gasteiger partial charge in [-0.2, -0.15) is 13.2 Å². The SMILES string of the molecule is O=C(Nc1ccc(Cl)cn1)c1cc(I)cc(OC(=O)C(F)(F)F)c1NC(=O)C1CCNCC1. The fraction of sp³-hybridized carbons (Fsp3) is 0.300.